The quantitative estimate of drug-likeness (QED) is 0.550. The maximum atomic E-state index is 10.8. The van der Waals surface area contributed by atoms with Gasteiger partial charge in [0.2, 0.25) is 0 Å². The van der Waals surface area contributed by atoms with Gasteiger partial charge in [0.15, 0.2) is 0 Å². The molecule has 0 radical (unpaired) electrons. The Balaban J connectivity index is 3.01. The number of rotatable bonds is 3. The van der Waals surface area contributed by atoms with Crippen molar-refractivity contribution in [2.45, 2.75) is 13.3 Å². The van der Waals surface area contributed by atoms with Crippen molar-refractivity contribution in [3.63, 3.8) is 0 Å². The minimum Gasteiger partial charge on any atom is -0.508 e. The van der Waals surface area contributed by atoms with Crippen molar-refractivity contribution in [2.75, 3.05) is 0 Å². The van der Waals surface area contributed by atoms with Gasteiger partial charge in [0, 0.05) is 6.42 Å². The zero-order valence-electron chi connectivity index (χ0n) is 7.77. The third-order valence-corrected chi connectivity index (χ3v) is 1.75. The number of carbonyl (C=O) groups excluding carboxylic acids is 1. The Labute approximate surface area is 82.0 Å². The van der Waals surface area contributed by atoms with Gasteiger partial charge < -0.3 is 15.2 Å². The van der Waals surface area contributed by atoms with E-state index in [1.807, 2.05) is 0 Å². The summed E-state index contributed by atoms with van der Waals surface area (Å²) >= 11 is 0. The highest BCUT2D eigenvalue weighted by Gasteiger charge is 2.13. The van der Waals surface area contributed by atoms with Crippen LogP contribution in [0.3, 0.4) is 0 Å². The van der Waals surface area contributed by atoms with Gasteiger partial charge in [-0.2, -0.15) is 0 Å². The van der Waals surface area contributed by atoms with Gasteiger partial charge in [-0.25, -0.2) is 0 Å². The third kappa shape index (κ3) is 2.87. The maximum Gasteiger partial charge on any atom is 0.488 e. The highest BCUT2D eigenvalue weighted by atomic mass is 16.4. The number of hydrogen-bond donors (Lipinski definition) is 3. The van der Waals surface area contributed by atoms with Crippen molar-refractivity contribution in [1.82, 2.24) is 0 Å². The first kappa shape index (κ1) is 10.8. The molecule has 3 N–H and O–H groups in total. The van der Waals surface area contributed by atoms with E-state index in [0.717, 1.165) is 0 Å². The predicted octanol–water partition coefficient (Wildman–Crippen LogP) is -0.796. The highest BCUT2D eigenvalue weighted by molar-refractivity contribution is 6.58. The lowest BCUT2D eigenvalue weighted by Gasteiger charge is -2.04. The SMILES string of the molecule is CC(=O)Cc1cc(O)cc(B(O)O)c1. The van der Waals surface area contributed by atoms with Crippen molar-refractivity contribution in [2.24, 2.45) is 0 Å². The van der Waals surface area contributed by atoms with Crippen molar-refractivity contribution in [1.29, 1.82) is 0 Å². The Morgan fingerprint density at radius 2 is 2.00 bits per heavy atom. The van der Waals surface area contributed by atoms with Crippen molar-refractivity contribution < 1.29 is 19.9 Å². The Bertz CT molecular complexity index is 349. The Hall–Kier alpha value is -1.33. The van der Waals surface area contributed by atoms with Gasteiger partial charge in [-0.3, -0.25) is 4.79 Å². The first-order valence-corrected chi connectivity index (χ1v) is 4.17. The topological polar surface area (TPSA) is 77.8 Å². The summed E-state index contributed by atoms with van der Waals surface area (Å²) in [5.41, 5.74) is 0.752. The van der Waals surface area contributed by atoms with Crippen molar-refractivity contribution in [3.05, 3.63) is 23.8 Å². The lowest BCUT2D eigenvalue weighted by Crippen LogP contribution is -2.30. The summed E-state index contributed by atoms with van der Waals surface area (Å²) in [5, 5.41) is 27.0. The number of phenolic OH excluding ortho intramolecular Hbond substituents is 1. The first-order chi connectivity index (χ1) is 6.49. The van der Waals surface area contributed by atoms with E-state index in [1.165, 1.54) is 25.1 Å². The Morgan fingerprint density at radius 3 is 2.50 bits per heavy atom. The molecule has 0 aliphatic heterocycles. The van der Waals surface area contributed by atoms with Crippen LogP contribution in [-0.4, -0.2) is 28.1 Å². The number of carbonyl (C=O) groups is 1. The number of phenols is 1. The maximum absolute atomic E-state index is 10.8. The second-order valence-electron chi connectivity index (χ2n) is 3.19. The average Bonchev–Trinajstić information content (AvgIpc) is 2.01. The van der Waals surface area contributed by atoms with E-state index in [0.29, 0.717) is 5.56 Å². The van der Waals surface area contributed by atoms with Gasteiger partial charge in [-0.05, 0) is 30.1 Å². The molecule has 74 valence electrons. The molecule has 0 saturated carbocycles. The smallest absolute Gasteiger partial charge is 0.488 e. The van der Waals surface area contributed by atoms with Crippen LogP contribution in [0.25, 0.3) is 0 Å². The van der Waals surface area contributed by atoms with E-state index >= 15 is 0 Å². The van der Waals surface area contributed by atoms with Crippen LogP contribution >= 0.6 is 0 Å². The minimum absolute atomic E-state index is 0.0472. The molecule has 0 saturated heterocycles. The van der Waals surface area contributed by atoms with Gasteiger partial charge >= 0.3 is 7.12 Å². The van der Waals surface area contributed by atoms with Crippen LogP contribution in [-0.2, 0) is 11.2 Å². The second-order valence-corrected chi connectivity index (χ2v) is 3.19. The van der Waals surface area contributed by atoms with Crippen molar-refractivity contribution in [3.8, 4) is 5.75 Å². The standard InChI is InChI=1S/C9H11BO4/c1-6(11)2-7-3-8(10(13)14)5-9(12)4-7/h3-5,12-14H,2H2,1H3. The van der Waals surface area contributed by atoms with Crippen LogP contribution in [0.2, 0.25) is 0 Å². The predicted molar refractivity (Wildman–Crippen MR) is 52.3 cm³/mol. The summed E-state index contributed by atoms with van der Waals surface area (Å²) in [5.74, 6) is -0.124. The molecule has 0 unspecified atom stereocenters. The number of aromatic hydroxyl groups is 1. The lowest BCUT2D eigenvalue weighted by molar-refractivity contribution is -0.116. The fourth-order valence-corrected chi connectivity index (χ4v) is 1.24. The molecule has 0 spiro atoms. The third-order valence-electron chi connectivity index (χ3n) is 1.75. The van der Waals surface area contributed by atoms with Gasteiger partial charge in [-0.15, -0.1) is 0 Å². The molecule has 0 amide bonds. The van der Waals surface area contributed by atoms with Crippen LogP contribution < -0.4 is 5.46 Å². The average molecular weight is 194 g/mol. The van der Waals surface area contributed by atoms with E-state index in [2.05, 4.69) is 0 Å². The van der Waals surface area contributed by atoms with Gasteiger partial charge in [0.1, 0.15) is 11.5 Å². The molecule has 4 nitrogen and oxygen atoms in total. The molecule has 0 aromatic heterocycles. The summed E-state index contributed by atoms with van der Waals surface area (Å²) in [6.45, 7) is 1.43. The zero-order chi connectivity index (χ0) is 10.7. The van der Waals surface area contributed by atoms with E-state index in [1.54, 1.807) is 0 Å². The number of hydrogen-bond acceptors (Lipinski definition) is 4. The molecule has 0 fully saturated rings. The molecule has 0 atom stereocenters. The van der Waals surface area contributed by atoms with E-state index in [-0.39, 0.29) is 23.4 Å². The summed E-state index contributed by atoms with van der Waals surface area (Å²) in [7, 11) is -1.63. The molecule has 1 aromatic carbocycles. The zero-order valence-corrected chi connectivity index (χ0v) is 7.77. The largest absolute Gasteiger partial charge is 0.508 e. The van der Waals surface area contributed by atoms with E-state index in [4.69, 9.17) is 10.0 Å². The number of benzene rings is 1. The van der Waals surface area contributed by atoms with Crippen molar-refractivity contribution >= 4 is 18.4 Å². The Kier molecular flexibility index (Phi) is 3.27. The fraction of sp³-hybridized carbons (Fsp3) is 0.222. The van der Waals surface area contributed by atoms with Crippen LogP contribution in [0.15, 0.2) is 18.2 Å². The second kappa shape index (κ2) is 4.26. The summed E-state index contributed by atoms with van der Waals surface area (Å²) in [6, 6.07) is 4.15. The van der Waals surface area contributed by atoms with Gasteiger partial charge in [0.25, 0.3) is 0 Å². The molecule has 5 heteroatoms. The monoisotopic (exact) mass is 194 g/mol. The summed E-state index contributed by atoms with van der Waals surface area (Å²) < 4.78 is 0. The molecule has 0 bridgehead atoms. The highest BCUT2D eigenvalue weighted by Crippen LogP contribution is 2.10. The molecular formula is C9H11BO4. The van der Waals surface area contributed by atoms with Crippen LogP contribution in [0.5, 0.6) is 5.75 Å². The number of Topliss-reactive ketones (excluding diaryl/α,β-unsaturated/α-hetero) is 1. The van der Waals surface area contributed by atoms with Crippen LogP contribution in [0, 0.1) is 0 Å². The van der Waals surface area contributed by atoms with Gasteiger partial charge in [-0.1, -0.05) is 6.07 Å². The molecule has 0 aliphatic rings. The summed E-state index contributed by atoms with van der Waals surface area (Å²) in [4.78, 5) is 10.8. The van der Waals surface area contributed by atoms with Crippen LogP contribution in [0.1, 0.15) is 12.5 Å². The normalized spacial score (nSPS) is 9.93. The van der Waals surface area contributed by atoms with E-state index < -0.39 is 7.12 Å². The molecule has 1 aromatic rings. The summed E-state index contributed by atoms with van der Waals surface area (Å²) in [6.07, 6.45) is 0.175. The minimum atomic E-state index is -1.63. The first-order valence-electron chi connectivity index (χ1n) is 4.17. The lowest BCUT2D eigenvalue weighted by atomic mass is 9.79. The fourth-order valence-electron chi connectivity index (χ4n) is 1.24. The number of ketones is 1. The molecule has 0 aliphatic carbocycles. The Morgan fingerprint density at radius 1 is 1.36 bits per heavy atom. The van der Waals surface area contributed by atoms with Crippen LogP contribution in [0.4, 0.5) is 0 Å². The van der Waals surface area contributed by atoms with E-state index in [9.17, 15) is 9.90 Å². The molecule has 0 heterocycles. The van der Waals surface area contributed by atoms with Gasteiger partial charge in [0.05, 0.1) is 0 Å². The molecular weight excluding hydrogens is 183 g/mol. The molecule has 14 heavy (non-hydrogen) atoms. The molecule has 1 rings (SSSR count).